The maximum absolute atomic E-state index is 12.4. The molecule has 23 heavy (non-hydrogen) atoms. The van der Waals surface area contributed by atoms with Crippen molar-refractivity contribution in [2.24, 2.45) is 0 Å². The number of amides is 1. The number of hydrogen-bond acceptors (Lipinski definition) is 2. The van der Waals surface area contributed by atoms with E-state index in [-0.39, 0.29) is 17.0 Å². The lowest BCUT2D eigenvalue weighted by Gasteiger charge is -2.11. The van der Waals surface area contributed by atoms with Gasteiger partial charge in [0.2, 0.25) is 0 Å². The van der Waals surface area contributed by atoms with E-state index in [0.717, 1.165) is 24.3 Å². The lowest BCUT2D eigenvalue weighted by Crippen LogP contribution is -2.15. The Morgan fingerprint density at radius 3 is 2.17 bits per heavy atom. The fourth-order valence-corrected chi connectivity index (χ4v) is 1.79. The fourth-order valence-electron chi connectivity index (χ4n) is 1.79. The number of alkyl halides is 5. The molecule has 0 bridgehead atoms. The molecule has 1 N–H and O–H groups in total. The Balaban J connectivity index is 2.16. The van der Waals surface area contributed by atoms with Gasteiger partial charge in [-0.15, -0.1) is 0 Å². The van der Waals surface area contributed by atoms with Gasteiger partial charge in [0, 0.05) is 5.69 Å². The maximum atomic E-state index is 12.4. The van der Waals surface area contributed by atoms with Gasteiger partial charge in [0.15, 0.2) is 0 Å². The molecule has 0 aliphatic rings. The van der Waals surface area contributed by atoms with Crippen LogP contribution in [0.15, 0.2) is 48.5 Å². The minimum Gasteiger partial charge on any atom is -0.434 e. The fraction of sp³-hybridized carbons (Fsp3) is 0.133. The van der Waals surface area contributed by atoms with Crippen molar-refractivity contribution in [1.82, 2.24) is 0 Å². The van der Waals surface area contributed by atoms with Crippen molar-refractivity contribution >= 4 is 11.6 Å². The molecular formula is C15H10F5NO2. The van der Waals surface area contributed by atoms with Crippen molar-refractivity contribution in [1.29, 1.82) is 0 Å². The Labute approximate surface area is 127 Å². The summed E-state index contributed by atoms with van der Waals surface area (Å²) in [5.74, 6) is -1.10. The first kappa shape index (κ1) is 16.7. The molecule has 0 aliphatic heterocycles. The molecule has 2 aromatic rings. The first-order valence-corrected chi connectivity index (χ1v) is 6.30. The van der Waals surface area contributed by atoms with E-state index in [0.29, 0.717) is 0 Å². The highest BCUT2D eigenvalue weighted by Crippen LogP contribution is 2.30. The van der Waals surface area contributed by atoms with Crippen LogP contribution >= 0.6 is 0 Å². The quantitative estimate of drug-likeness (QED) is 0.834. The average Bonchev–Trinajstić information content (AvgIpc) is 2.46. The molecule has 2 aromatic carbocycles. The summed E-state index contributed by atoms with van der Waals surface area (Å²) in [6, 6.07) is 9.04. The van der Waals surface area contributed by atoms with E-state index in [9.17, 15) is 26.7 Å². The van der Waals surface area contributed by atoms with Crippen LogP contribution in [-0.2, 0) is 6.18 Å². The van der Waals surface area contributed by atoms with Gasteiger partial charge in [-0.05, 0) is 36.4 Å². The number of benzene rings is 2. The Morgan fingerprint density at radius 2 is 1.61 bits per heavy atom. The molecule has 0 saturated carbocycles. The molecule has 0 atom stereocenters. The Bertz CT molecular complexity index is 683. The van der Waals surface area contributed by atoms with Gasteiger partial charge in [0.25, 0.3) is 5.91 Å². The van der Waals surface area contributed by atoms with Crippen LogP contribution < -0.4 is 10.1 Å². The van der Waals surface area contributed by atoms with Gasteiger partial charge < -0.3 is 10.1 Å². The summed E-state index contributed by atoms with van der Waals surface area (Å²) in [6.45, 7) is -3.10. The topological polar surface area (TPSA) is 38.3 Å². The monoisotopic (exact) mass is 331 g/mol. The predicted octanol–water partition coefficient (Wildman–Crippen LogP) is 4.56. The highest BCUT2D eigenvalue weighted by molar-refractivity contribution is 6.06. The smallest absolute Gasteiger partial charge is 0.416 e. The first-order valence-electron chi connectivity index (χ1n) is 6.30. The van der Waals surface area contributed by atoms with Crippen molar-refractivity contribution in [2.45, 2.75) is 12.8 Å². The summed E-state index contributed by atoms with van der Waals surface area (Å²) < 4.78 is 66.1. The van der Waals surface area contributed by atoms with Gasteiger partial charge in [-0.1, -0.05) is 12.1 Å². The van der Waals surface area contributed by atoms with E-state index in [4.69, 9.17) is 0 Å². The number of ether oxygens (including phenoxy) is 1. The van der Waals surface area contributed by atoms with Crippen LogP contribution in [0.1, 0.15) is 15.9 Å². The Morgan fingerprint density at radius 1 is 1.00 bits per heavy atom. The zero-order valence-corrected chi connectivity index (χ0v) is 11.4. The van der Waals surface area contributed by atoms with E-state index in [1.54, 1.807) is 0 Å². The summed E-state index contributed by atoms with van der Waals surface area (Å²) in [4.78, 5) is 12.0. The molecule has 0 aromatic heterocycles. The van der Waals surface area contributed by atoms with E-state index in [1.165, 1.54) is 24.3 Å². The van der Waals surface area contributed by atoms with Crippen molar-refractivity contribution in [3.05, 3.63) is 59.7 Å². The van der Waals surface area contributed by atoms with Gasteiger partial charge in [-0.25, -0.2) is 0 Å². The molecule has 0 unspecified atom stereocenters. The molecule has 122 valence electrons. The lowest BCUT2D eigenvalue weighted by atomic mass is 10.1. The second-order valence-corrected chi connectivity index (χ2v) is 4.40. The lowest BCUT2D eigenvalue weighted by molar-refractivity contribution is -0.137. The number of halogens is 5. The molecule has 0 fully saturated rings. The Kier molecular flexibility index (Phi) is 4.83. The number of rotatable bonds is 4. The molecular weight excluding hydrogens is 321 g/mol. The van der Waals surface area contributed by atoms with E-state index >= 15 is 0 Å². The van der Waals surface area contributed by atoms with Gasteiger partial charge in [0.05, 0.1) is 11.1 Å². The molecule has 3 nitrogen and oxygen atoms in total. The summed E-state index contributed by atoms with van der Waals surface area (Å²) in [7, 11) is 0. The normalized spacial score (nSPS) is 11.4. The average molecular weight is 331 g/mol. The number of para-hydroxylation sites is 1. The summed E-state index contributed by atoms with van der Waals surface area (Å²) in [6.07, 6.45) is -4.49. The minimum atomic E-state index is -4.49. The second-order valence-electron chi connectivity index (χ2n) is 4.40. The van der Waals surface area contributed by atoms with Crippen LogP contribution in [0.3, 0.4) is 0 Å². The highest BCUT2D eigenvalue weighted by Gasteiger charge is 2.30. The van der Waals surface area contributed by atoms with Crippen molar-refractivity contribution in [2.75, 3.05) is 5.32 Å². The summed E-state index contributed by atoms with van der Waals surface area (Å²) >= 11 is 0. The van der Waals surface area contributed by atoms with Gasteiger partial charge in [-0.2, -0.15) is 22.0 Å². The third-order valence-corrected chi connectivity index (χ3v) is 2.82. The zero-order chi connectivity index (χ0) is 17.0. The summed E-state index contributed by atoms with van der Waals surface area (Å²) in [5.41, 5.74) is -0.931. The molecule has 2 rings (SSSR count). The largest absolute Gasteiger partial charge is 0.434 e. The van der Waals surface area contributed by atoms with Crippen molar-refractivity contribution in [3.63, 3.8) is 0 Å². The van der Waals surface area contributed by atoms with Crippen LogP contribution in [0.5, 0.6) is 5.75 Å². The SMILES string of the molecule is O=C(Nc1ccc(C(F)(F)F)cc1)c1ccccc1OC(F)F. The Hall–Kier alpha value is -2.64. The number of hydrogen-bond donors (Lipinski definition) is 1. The third kappa shape index (κ3) is 4.41. The number of carbonyl (C=O) groups is 1. The number of anilines is 1. The molecule has 0 aliphatic carbocycles. The third-order valence-electron chi connectivity index (χ3n) is 2.82. The van der Waals surface area contributed by atoms with E-state index in [2.05, 4.69) is 10.1 Å². The summed E-state index contributed by atoms with van der Waals surface area (Å²) in [5, 5.41) is 2.32. The molecule has 0 heterocycles. The van der Waals surface area contributed by atoms with Crippen LogP contribution in [0, 0.1) is 0 Å². The van der Waals surface area contributed by atoms with Crippen molar-refractivity contribution < 1.29 is 31.5 Å². The van der Waals surface area contributed by atoms with Crippen LogP contribution in [-0.4, -0.2) is 12.5 Å². The van der Waals surface area contributed by atoms with Gasteiger partial charge >= 0.3 is 12.8 Å². The molecule has 0 radical (unpaired) electrons. The van der Waals surface area contributed by atoms with E-state index in [1.807, 2.05) is 0 Å². The predicted molar refractivity (Wildman–Crippen MR) is 72.5 cm³/mol. The van der Waals surface area contributed by atoms with E-state index < -0.39 is 24.3 Å². The van der Waals surface area contributed by atoms with Crippen LogP contribution in [0.2, 0.25) is 0 Å². The van der Waals surface area contributed by atoms with Crippen LogP contribution in [0.25, 0.3) is 0 Å². The number of nitrogens with one attached hydrogen (secondary N) is 1. The first-order chi connectivity index (χ1) is 10.8. The van der Waals surface area contributed by atoms with Gasteiger partial charge in [-0.3, -0.25) is 4.79 Å². The molecule has 0 spiro atoms. The van der Waals surface area contributed by atoms with Gasteiger partial charge in [0.1, 0.15) is 5.75 Å². The second kappa shape index (κ2) is 6.64. The number of carbonyl (C=O) groups excluding carboxylic acids is 1. The molecule has 8 heteroatoms. The standard InChI is InChI=1S/C15H10F5NO2/c16-14(17)23-12-4-2-1-3-11(12)13(22)21-10-7-5-9(6-8-10)15(18,19)20/h1-8,14H,(H,21,22). The van der Waals surface area contributed by atoms with Crippen molar-refractivity contribution in [3.8, 4) is 5.75 Å². The maximum Gasteiger partial charge on any atom is 0.416 e. The zero-order valence-electron chi connectivity index (χ0n) is 11.4. The molecule has 1 amide bonds. The minimum absolute atomic E-state index is 0.0925. The molecule has 0 saturated heterocycles. The highest BCUT2D eigenvalue weighted by atomic mass is 19.4. The van der Waals surface area contributed by atoms with Crippen LogP contribution in [0.4, 0.5) is 27.6 Å².